The first-order valence-corrected chi connectivity index (χ1v) is 10.5. The molecule has 1 saturated heterocycles. The summed E-state index contributed by atoms with van der Waals surface area (Å²) in [5.41, 5.74) is 1.21. The lowest BCUT2D eigenvalue weighted by molar-refractivity contribution is -0.133. The lowest BCUT2D eigenvalue weighted by atomic mass is 10.2. The van der Waals surface area contributed by atoms with Crippen molar-refractivity contribution in [2.45, 2.75) is 59.9 Å². The van der Waals surface area contributed by atoms with Crippen LogP contribution in [0.15, 0.2) is 4.99 Å². The number of rotatable bonds is 7. The van der Waals surface area contributed by atoms with Crippen LogP contribution in [0.5, 0.6) is 0 Å². The zero-order valence-corrected chi connectivity index (χ0v) is 17.6. The number of thiazole rings is 1. The molecule has 1 atom stereocenters. The number of hydrogen-bond donors (Lipinski definition) is 2. The largest absolute Gasteiger partial charge is 0.357 e. The molecule has 2 rings (SSSR count). The quantitative estimate of drug-likeness (QED) is 0.564. The number of aryl methyl sites for hydroxylation is 2. The van der Waals surface area contributed by atoms with Crippen LogP contribution in [-0.2, 0) is 17.6 Å². The molecule has 2 N–H and O–H groups in total. The highest BCUT2D eigenvalue weighted by atomic mass is 32.1. The van der Waals surface area contributed by atoms with Crippen LogP contribution in [0.1, 0.15) is 49.7 Å². The average Bonchev–Trinajstić information content (AvgIpc) is 3.20. The number of carbonyl (C=O) groups excluding carboxylic acids is 1. The zero-order chi connectivity index (χ0) is 19.1. The normalized spacial score (nSPS) is 17.8. The van der Waals surface area contributed by atoms with E-state index in [0.29, 0.717) is 6.54 Å². The molecule has 1 aliphatic heterocycles. The van der Waals surface area contributed by atoms with Crippen LogP contribution in [0.2, 0.25) is 0 Å². The second-order valence-corrected chi connectivity index (χ2v) is 8.33. The summed E-state index contributed by atoms with van der Waals surface area (Å²) < 4.78 is 0. The van der Waals surface area contributed by atoms with Crippen LogP contribution in [0.25, 0.3) is 0 Å². The van der Waals surface area contributed by atoms with Crippen LogP contribution >= 0.6 is 11.3 Å². The van der Waals surface area contributed by atoms with Crippen LogP contribution in [-0.4, -0.2) is 54.0 Å². The third kappa shape index (κ3) is 5.69. The molecular weight excluding hydrogens is 346 g/mol. The van der Waals surface area contributed by atoms with Crippen molar-refractivity contribution in [2.24, 2.45) is 10.9 Å². The molecule has 0 radical (unpaired) electrons. The molecule has 1 unspecified atom stereocenters. The molecule has 7 heteroatoms. The van der Waals surface area contributed by atoms with E-state index in [1.807, 2.05) is 18.7 Å². The molecule has 0 spiro atoms. The van der Waals surface area contributed by atoms with Crippen molar-refractivity contribution in [2.75, 3.05) is 26.2 Å². The highest BCUT2D eigenvalue weighted by Crippen LogP contribution is 2.18. The van der Waals surface area contributed by atoms with Crippen LogP contribution in [0, 0.1) is 12.8 Å². The van der Waals surface area contributed by atoms with E-state index in [9.17, 15) is 4.79 Å². The van der Waals surface area contributed by atoms with Gasteiger partial charge in [0.1, 0.15) is 0 Å². The molecule has 1 fully saturated rings. The number of likely N-dealkylation sites (tertiary alicyclic amines) is 1. The fourth-order valence-electron chi connectivity index (χ4n) is 3.14. The Morgan fingerprint density at radius 3 is 2.81 bits per heavy atom. The molecular formula is C19H33N5OS. The van der Waals surface area contributed by atoms with Gasteiger partial charge in [0, 0.05) is 49.4 Å². The summed E-state index contributed by atoms with van der Waals surface area (Å²) in [6, 6.07) is 0.268. The van der Waals surface area contributed by atoms with Gasteiger partial charge in [-0.3, -0.25) is 9.79 Å². The number of nitrogens with one attached hydrogen (secondary N) is 2. The molecule has 1 aromatic rings. The molecule has 0 bridgehead atoms. The Morgan fingerprint density at radius 2 is 2.19 bits per heavy atom. The van der Waals surface area contributed by atoms with E-state index in [-0.39, 0.29) is 17.9 Å². The molecule has 1 amide bonds. The maximum absolute atomic E-state index is 12.1. The Balaban J connectivity index is 1.87. The van der Waals surface area contributed by atoms with Crippen molar-refractivity contribution < 1.29 is 4.79 Å². The van der Waals surface area contributed by atoms with Crippen LogP contribution in [0.3, 0.4) is 0 Å². The van der Waals surface area contributed by atoms with Gasteiger partial charge in [-0.2, -0.15) is 0 Å². The van der Waals surface area contributed by atoms with Gasteiger partial charge in [-0.1, -0.05) is 20.8 Å². The monoisotopic (exact) mass is 379 g/mol. The van der Waals surface area contributed by atoms with E-state index in [1.54, 1.807) is 11.3 Å². The zero-order valence-electron chi connectivity index (χ0n) is 16.8. The van der Waals surface area contributed by atoms with Gasteiger partial charge in [0.15, 0.2) is 5.96 Å². The Bertz CT molecular complexity index is 625. The SMILES string of the molecule is CCNC(=NCCc1nc(CC)c(C)s1)NC1CCN(C(=O)C(C)C)C1. The minimum atomic E-state index is 0.0606. The number of aliphatic imine (C=N–C) groups is 1. The summed E-state index contributed by atoms with van der Waals surface area (Å²) in [6.07, 6.45) is 2.82. The third-order valence-corrected chi connectivity index (χ3v) is 5.62. The van der Waals surface area contributed by atoms with Crippen LogP contribution in [0.4, 0.5) is 0 Å². The van der Waals surface area contributed by atoms with E-state index in [4.69, 9.17) is 4.99 Å². The molecule has 1 aromatic heterocycles. The molecule has 0 aromatic carbocycles. The highest BCUT2D eigenvalue weighted by Gasteiger charge is 2.27. The first-order chi connectivity index (χ1) is 12.4. The molecule has 6 nitrogen and oxygen atoms in total. The van der Waals surface area contributed by atoms with Crippen molar-refractivity contribution in [3.8, 4) is 0 Å². The summed E-state index contributed by atoms with van der Waals surface area (Å²) in [5.74, 6) is 1.13. The Labute approximate surface area is 161 Å². The number of carbonyl (C=O) groups is 1. The Kier molecular flexibility index (Phi) is 7.87. The van der Waals surface area contributed by atoms with Crippen molar-refractivity contribution in [3.05, 3.63) is 15.6 Å². The molecule has 0 saturated carbocycles. The van der Waals surface area contributed by atoms with Gasteiger partial charge in [-0.15, -0.1) is 11.3 Å². The lowest BCUT2D eigenvalue weighted by Crippen LogP contribution is -2.45. The minimum absolute atomic E-state index is 0.0606. The first-order valence-electron chi connectivity index (χ1n) is 9.73. The molecule has 146 valence electrons. The predicted octanol–water partition coefficient (Wildman–Crippen LogP) is 2.37. The van der Waals surface area contributed by atoms with Gasteiger partial charge < -0.3 is 15.5 Å². The molecule has 26 heavy (non-hydrogen) atoms. The Hall–Kier alpha value is -1.63. The van der Waals surface area contributed by atoms with Gasteiger partial charge in [0.2, 0.25) is 5.91 Å². The van der Waals surface area contributed by atoms with E-state index in [0.717, 1.165) is 49.9 Å². The molecule has 0 aliphatic carbocycles. The van der Waals surface area contributed by atoms with Crippen LogP contribution < -0.4 is 10.6 Å². The van der Waals surface area contributed by atoms with E-state index < -0.39 is 0 Å². The standard InChI is InChI=1S/C19H33N5OS/c1-6-16-14(5)26-17(23-16)8-10-21-19(20-7-2)22-15-9-11-24(12-15)18(25)13(3)4/h13,15H,6-12H2,1-5H3,(H2,20,21,22). The second-order valence-electron chi connectivity index (χ2n) is 7.04. The summed E-state index contributed by atoms with van der Waals surface area (Å²) in [4.78, 5) is 24.8. The number of guanidine groups is 1. The van der Waals surface area contributed by atoms with Crippen molar-refractivity contribution >= 4 is 23.2 Å². The predicted molar refractivity (Wildman–Crippen MR) is 109 cm³/mol. The van der Waals surface area contributed by atoms with Crippen molar-refractivity contribution in [1.29, 1.82) is 0 Å². The summed E-state index contributed by atoms with van der Waals surface area (Å²) >= 11 is 1.78. The van der Waals surface area contributed by atoms with E-state index >= 15 is 0 Å². The van der Waals surface area contributed by atoms with Gasteiger partial charge in [-0.25, -0.2) is 4.98 Å². The topological polar surface area (TPSA) is 69.6 Å². The number of aromatic nitrogens is 1. The first kappa shape index (κ1) is 20.7. The number of nitrogens with zero attached hydrogens (tertiary/aromatic N) is 3. The fraction of sp³-hybridized carbons (Fsp3) is 0.737. The number of hydrogen-bond acceptors (Lipinski definition) is 4. The van der Waals surface area contributed by atoms with Gasteiger partial charge in [0.05, 0.1) is 10.7 Å². The van der Waals surface area contributed by atoms with E-state index in [2.05, 4.69) is 36.4 Å². The number of amides is 1. The van der Waals surface area contributed by atoms with E-state index in [1.165, 1.54) is 10.6 Å². The average molecular weight is 380 g/mol. The van der Waals surface area contributed by atoms with Gasteiger partial charge in [0.25, 0.3) is 0 Å². The van der Waals surface area contributed by atoms with Crippen molar-refractivity contribution in [3.63, 3.8) is 0 Å². The van der Waals surface area contributed by atoms with Crippen molar-refractivity contribution in [1.82, 2.24) is 20.5 Å². The minimum Gasteiger partial charge on any atom is -0.357 e. The summed E-state index contributed by atoms with van der Waals surface area (Å²) in [5, 5.41) is 7.95. The third-order valence-electron chi connectivity index (χ3n) is 4.55. The van der Waals surface area contributed by atoms with Gasteiger partial charge in [-0.05, 0) is 26.7 Å². The molecule has 1 aliphatic rings. The fourth-order valence-corrected chi connectivity index (χ4v) is 4.15. The maximum atomic E-state index is 12.1. The Morgan fingerprint density at radius 1 is 1.42 bits per heavy atom. The van der Waals surface area contributed by atoms with Gasteiger partial charge >= 0.3 is 0 Å². The molecule has 2 heterocycles. The summed E-state index contributed by atoms with van der Waals surface area (Å²) in [6.45, 7) is 13.4. The smallest absolute Gasteiger partial charge is 0.225 e. The second kappa shape index (κ2) is 9.90. The lowest BCUT2D eigenvalue weighted by Gasteiger charge is -2.20. The maximum Gasteiger partial charge on any atom is 0.225 e. The highest BCUT2D eigenvalue weighted by molar-refractivity contribution is 7.11. The summed E-state index contributed by atoms with van der Waals surface area (Å²) in [7, 11) is 0.